The van der Waals surface area contributed by atoms with Crippen LogP contribution in [0.2, 0.25) is 0 Å². The molecule has 0 aliphatic carbocycles. The summed E-state index contributed by atoms with van der Waals surface area (Å²) in [6, 6.07) is 10.9. The minimum Gasteiger partial charge on any atom is -0.369 e. The van der Waals surface area contributed by atoms with E-state index in [0.717, 1.165) is 28.7 Å². The number of piperidine rings is 1. The van der Waals surface area contributed by atoms with Gasteiger partial charge in [0.1, 0.15) is 0 Å². The number of hydrogen-bond acceptors (Lipinski definition) is 4. The quantitative estimate of drug-likeness (QED) is 0.878. The minimum atomic E-state index is -0.303. The van der Waals surface area contributed by atoms with E-state index < -0.39 is 0 Å². The molecule has 0 saturated carbocycles. The SMILES string of the molecule is N#CC1CN2CC=CC=C2C(C#N)C1c1ccc2[nH]ncc2c1. The Morgan fingerprint density at radius 3 is 3.00 bits per heavy atom. The molecule has 1 fully saturated rings. The molecule has 4 rings (SSSR count). The third kappa shape index (κ3) is 2.10. The number of H-pyrrole nitrogens is 1. The van der Waals surface area contributed by atoms with E-state index in [2.05, 4.69) is 33.3 Å². The zero-order valence-corrected chi connectivity index (χ0v) is 12.5. The smallest absolute Gasteiger partial charge is 0.0942 e. The van der Waals surface area contributed by atoms with Gasteiger partial charge in [-0.25, -0.2) is 0 Å². The average Bonchev–Trinajstić information content (AvgIpc) is 3.07. The Morgan fingerprint density at radius 1 is 1.26 bits per heavy atom. The average molecular weight is 301 g/mol. The van der Waals surface area contributed by atoms with Crippen molar-refractivity contribution in [2.24, 2.45) is 11.8 Å². The molecule has 0 amide bonds. The molecule has 2 aromatic rings. The Hall–Kier alpha value is -3.05. The first-order chi connectivity index (χ1) is 11.3. The van der Waals surface area contributed by atoms with Crippen molar-refractivity contribution >= 4 is 10.9 Å². The van der Waals surface area contributed by atoms with E-state index in [9.17, 15) is 10.5 Å². The first kappa shape index (κ1) is 13.6. The Morgan fingerprint density at radius 2 is 2.17 bits per heavy atom. The van der Waals surface area contributed by atoms with Gasteiger partial charge in [-0.15, -0.1) is 0 Å². The molecule has 2 aliphatic rings. The van der Waals surface area contributed by atoms with E-state index in [1.165, 1.54) is 0 Å². The molecule has 1 aromatic carbocycles. The number of aromatic amines is 1. The van der Waals surface area contributed by atoms with Gasteiger partial charge in [-0.3, -0.25) is 5.10 Å². The second kappa shape index (κ2) is 5.30. The summed E-state index contributed by atoms with van der Waals surface area (Å²) >= 11 is 0. The lowest BCUT2D eigenvalue weighted by atomic mass is 9.72. The van der Waals surface area contributed by atoms with E-state index in [4.69, 9.17) is 0 Å². The van der Waals surface area contributed by atoms with Crippen molar-refractivity contribution in [1.29, 1.82) is 10.5 Å². The summed E-state index contributed by atoms with van der Waals surface area (Å²) in [6.45, 7) is 1.44. The van der Waals surface area contributed by atoms with Crippen molar-refractivity contribution in [3.05, 3.63) is 53.9 Å². The standard InChI is InChI=1S/C18H15N5/c19-8-14-11-23-6-2-1-3-17(23)15(9-20)18(14)12-4-5-16-13(7-12)10-21-22-16/h1-5,7,10,14-15,18H,6,11H2,(H,21,22). The highest BCUT2D eigenvalue weighted by molar-refractivity contribution is 5.78. The normalized spacial score (nSPS) is 26.3. The molecule has 0 bridgehead atoms. The Bertz CT molecular complexity index is 892. The highest BCUT2D eigenvalue weighted by atomic mass is 15.2. The summed E-state index contributed by atoms with van der Waals surface area (Å²) in [5.74, 6) is -0.617. The molecule has 5 nitrogen and oxygen atoms in total. The van der Waals surface area contributed by atoms with E-state index in [1.54, 1.807) is 6.20 Å². The number of allylic oxidation sites excluding steroid dienone is 3. The molecule has 3 atom stereocenters. The lowest BCUT2D eigenvalue weighted by Crippen LogP contribution is -2.43. The largest absolute Gasteiger partial charge is 0.369 e. The number of aromatic nitrogens is 2. The predicted octanol–water partition coefficient (Wildman–Crippen LogP) is 2.70. The fourth-order valence-corrected chi connectivity index (χ4v) is 3.67. The molecule has 5 heteroatoms. The van der Waals surface area contributed by atoms with Crippen LogP contribution >= 0.6 is 0 Å². The second-order valence-corrected chi connectivity index (χ2v) is 6.01. The molecule has 0 spiro atoms. The van der Waals surface area contributed by atoms with Crippen LogP contribution in [0.25, 0.3) is 10.9 Å². The van der Waals surface area contributed by atoms with Crippen LogP contribution in [0, 0.1) is 34.5 Å². The maximum Gasteiger partial charge on any atom is 0.0942 e. The van der Waals surface area contributed by atoms with Gasteiger partial charge in [0.25, 0.3) is 0 Å². The van der Waals surface area contributed by atoms with Crippen molar-refractivity contribution in [1.82, 2.24) is 15.1 Å². The summed E-state index contributed by atoms with van der Waals surface area (Å²) in [5, 5.41) is 27.4. The van der Waals surface area contributed by atoms with E-state index >= 15 is 0 Å². The van der Waals surface area contributed by atoms with Crippen molar-refractivity contribution in [2.45, 2.75) is 5.92 Å². The van der Waals surface area contributed by atoms with Gasteiger partial charge >= 0.3 is 0 Å². The van der Waals surface area contributed by atoms with Crippen LogP contribution in [0.5, 0.6) is 0 Å². The van der Waals surface area contributed by atoms with Crippen LogP contribution in [-0.2, 0) is 0 Å². The molecule has 1 N–H and O–H groups in total. The molecule has 1 saturated heterocycles. The van der Waals surface area contributed by atoms with Gasteiger partial charge in [0.2, 0.25) is 0 Å². The van der Waals surface area contributed by atoms with Gasteiger partial charge in [0.05, 0.1) is 35.7 Å². The van der Waals surface area contributed by atoms with Crippen LogP contribution in [0.3, 0.4) is 0 Å². The van der Waals surface area contributed by atoms with Gasteiger partial charge in [0, 0.05) is 30.1 Å². The van der Waals surface area contributed by atoms with Gasteiger partial charge in [-0.2, -0.15) is 15.6 Å². The summed E-state index contributed by atoms with van der Waals surface area (Å²) in [7, 11) is 0. The van der Waals surface area contributed by atoms with Crippen molar-refractivity contribution in [3.63, 3.8) is 0 Å². The lowest BCUT2D eigenvalue weighted by Gasteiger charge is -2.42. The van der Waals surface area contributed by atoms with Gasteiger partial charge in [-0.1, -0.05) is 18.2 Å². The fourth-order valence-electron chi connectivity index (χ4n) is 3.67. The summed E-state index contributed by atoms with van der Waals surface area (Å²) in [5.41, 5.74) is 3.03. The Kier molecular flexibility index (Phi) is 3.13. The van der Waals surface area contributed by atoms with E-state index in [1.807, 2.05) is 30.4 Å². The fraction of sp³-hybridized carbons (Fsp3) is 0.278. The number of hydrogen-bond donors (Lipinski definition) is 1. The summed E-state index contributed by atoms with van der Waals surface area (Å²) < 4.78 is 0. The van der Waals surface area contributed by atoms with Crippen LogP contribution in [0.15, 0.2) is 48.3 Å². The minimum absolute atomic E-state index is 0.113. The van der Waals surface area contributed by atoms with Gasteiger partial charge in [0.15, 0.2) is 0 Å². The third-order valence-corrected chi connectivity index (χ3v) is 4.78. The zero-order chi connectivity index (χ0) is 15.8. The molecule has 3 heterocycles. The highest BCUT2D eigenvalue weighted by Gasteiger charge is 2.41. The third-order valence-electron chi connectivity index (χ3n) is 4.78. The number of nitrogens with one attached hydrogen (secondary N) is 1. The Labute approximate surface area is 134 Å². The van der Waals surface area contributed by atoms with Crippen molar-refractivity contribution < 1.29 is 0 Å². The summed E-state index contributed by atoms with van der Waals surface area (Å²) in [4.78, 5) is 2.15. The maximum atomic E-state index is 9.78. The molecule has 112 valence electrons. The molecule has 3 unspecified atom stereocenters. The molecule has 23 heavy (non-hydrogen) atoms. The van der Waals surface area contributed by atoms with Crippen LogP contribution in [0.1, 0.15) is 11.5 Å². The van der Waals surface area contributed by atoms with Crippen molar-refractivity contribution in [2.75, 3.05) is 13.1 Å². The second-order valence-electron chi connectivity index (χ2n) is 6.01. The molecule has 0 radical (unpaired) electrons. The van der Waals surface area contributed by atoms with E-state index in [-0.39, 0.29) is 17.8 Å². The molecule has 1 aromatic heterocycles. The topological polar surface area (TPSA) is 79.5 Å². The Balaban J connectivity index is 1.82. The number of nitrogens with zero attached hydrogens (tertiary/aromatic N) is 4. The molecule has 2 aliphatic heterocycles. The number of fused-ring (bicyclic) bond motifs is 2. The van der Waals surface area contributed by atoms with Gasteiger partial charge in [-0.05, 0) is 23.8 Å². The van der Waals surface area contributed by atoms with Crippen LogP contribution < -0.4 is 0 Å². The highest BCUT2D eigenvalue weighted by Crippen LogP contribution is 2.43. The zero-order valence-electron chi connectivity index (χ0n) is 12.5. The van der Waals surface area contributed by atoms with Gasteiger partial charge < -0.3 is 4.90 Å². The number of rotatable bonds is 1. The maximum absolute atomic E-state index is 9.78. The number of benzene rings is 1. The monoisotopic (exact) mass is 301 g/mol. The van der Waals surface area contributed by atoms with Crippen molar-refractivity contribution in [3.8, 4) is 12.1 Å². The number of nitriles is 2. The van der Waals surface area contributed by atoms with Crippen LogP contribution in [-0.4, -0.2) is 28.2 Å². The molecular weight excluding hydrogens is 286 g/mol. The first-order valence-corrected chi connectivity index (χ1v) is 7.65. The lowest BCUT2D eigenvalue weighted by molar-refractivity contribution is 0.219. The molecular formula is C18H15N5. The summed E-state index contributed by atoms with van der Waals surface area (Å²) in [6.07, 6.45) is 7.84. The van der Waals surface area contributed by atoms with E-state index in [0.29, 0.717) is 6.54 Å². The van der Waals surface area contributed by atoms with Crippen LogP contribution in [0.4, 0.5) is 0 Å². The first-order valence-electron chi connectivity index (χ1n) is 7.65. The predicted molar refractivity (Wildman–Crippen MR) is 85.8 cm³/mol.